The third-order valence-electron chi connectivity index (χ3n) is 7.04. The lowest BCUT2D eigenvalue weighted by Crippen LogP contribution is -2.26. The fourth-order valence-electron chi connectivity index (χ4n) is 5.25. The summed E-state index contributed by atoms with van der Waals surface area (Å²) >= 11 is 7.43. The van der Waals surface area contributed by atoms with Gasteiger partial charge in [0.05, 0.1) is 22.3 Å². The Bertz CT molecular complexity index is 1690. The number of hydrogen-bond acceptors (Lipinski definition) is 7. The van der Waals surface area contributed by atoms with Crippen LogP contribution in [0, 0.1) is 6.92 Å². The molecular weight excluding hydrogens is 534 g/mol. The van der Waals surface area contributed by atoms with Crippen molar-refractivity contribution < 1.29 is 18.8 Å². The molecule has 1 amide bonds. The van der Waals surface area contributed by atoms with E-state index in [0.717, 1.165) is 24.3 Å². The van der Waals surface area contributed by atoms with Gasteiger partial charge in [-0.1, -0.05) is 41.9 Å². The second-order valence-corrected chi connectivity index (χ2v) is 11.1. The molecule has 0 unspecified atom stereocenters. The molecule has 2 aliphatic rings. The number of benzene rings is 2. The van der Waals surface area contributed by atoms with E-state index in [1.807, 2.05) is 25.1 Å². The number of nitrogen functional groups attached to an aromatic ring is 1. The minimum absolute atomic E-state index is 0.0512. The number of nitrogens with one attached hydrogen (secondary N) is 2. The molecule has 0 saturated carbocycles. The van der Waals surface area contributed by atoms with Gasteiger partial charge in [-0.15, -0.1) is 11.3 Å². The van der Waals surface area contributed by atoms with Gasteiger partial charge in [-0.25, -0.2) is 0 Å². The van der Waals surface area contributed by atoms with Crippen molar-refractivity contribution in [3.8, 4) is 0 Å². The van der Waals surface area contributed by atoms with Gasteiger partial charge in [-0.3, -0.25) is 14.4 Å². The highest BCUT2D eigenvalue weighted by molar-refractivity contribution is 7.19. The molecule has 0 radical (unpaired) electrons. The predicted octanol–water partition coefficient (Wildman–Crippen LogP) is 6.93. The first-order valence-electron chi connectivity index (χ1n) is 12.5. The number of fused-ring (bicyclic) bond motifs is 1. The SMILES string of the molecule is Cc1ccc([C@H]2C3=C(CCCC3=O)Nc3sc(C(=O)Nc4ccc(Cl)cc4C(=O)c4ccccc4)c(N)c32)o1. The molecule has 1 aliphatic heterocycles. The number of aryl methyl sites for hydroxylation is 1. The number of thiophene rings is 1. The molecule has 2 aromatic heterocycles. The van der Waals surface area contributed by atoms with E-state index >= 15 is 0 Å². The Morgan fingerprint density at radius 1 is 1.10 bits per heavy atom. The number of hydrogen-bond donors (Lipinski definition) is 3. The predicted molar refractivity (Wildman–Crippen MR) is 153 cm³/mol. The van der Waals surface area contributed by atoms with E-state index in [-0.39, 0.29) is 27.7 Å². The standard InChI is InChI=1S/C30H24ClN3O4S/c1-15-10-13-22(38-15)24-23-20(8-5-9-21(23)35)34-30-25(24)26(32)28(39-30)29(37)33-19-12-11-17(31)14-18(19)27(36)16-6-3-2-4-7-16/h2-4,6-7,10-14,24,34H,5,8-9,32H2,1H3,(H,33,37)/t24-/m0/s1. The number of amides is 1. The highest BCUT2D eigenvalue weighted by Gasteiger charge is 2.40. The zero-order valence-corrected chi connectivity index (χ0v) is 22.5. The number of ketones is 2. The smallest absolute Gasteiger partial charge is 0.267 e. The minimum Gasteiger partial charge on any atom is -0.465 e. The molecule has 7 nitrogen and oxygen atoms in total. The van der Waals surface area contributed by atoms with Crippen molar-refractivity contribution in [3.63, 3.8) is 0 Å². The fourth-order valence-corrected chi connectivity index (χ4v) is 6.50. The molecule has 1 atom stereocenters. The van der Waals surface area contributed by atoms with Gasteiger partial charge in [0, 0.05) is 39.4 Å². The fraction of sp³-hybridized carbons (Fsp3) is 0.167. The third-order valence-corrected chi connectivity index (χ3v) is 8.41. The number of allylic oxidation sites excluding steroid dienone is 2. The van der Waals surface area contributed by atoms with E-state index in [9.17, 15) is 14.4 Å². The average Bonchev–Trinajstić information content (AvgIpc) is 3.51. The van der Waals surface area contributed by atoms with Gasteiger partial charge in [0.15, 0.2) is 11.6 Å². The van der Waals surface area contributed by atoms with Crippen LogP contribution in [0.15, 0.2) is 76.4 Å². The maximum Gasteiger partial charge on any atom is 0.267 e. The number of nitrogens with two attached hydrogens (primary N) is 1. The maximum absolute atomic E-state index is 13.6. The first kappa shape index (κ1) is 25.2. The summed E-state index contributed by atoms with van der Waals surface area (Å²) in [5.41, 5.74) is 10.1. The van der Waals surface area contributed by atoms with Crippen molar-refractivity contribution in [2.24, 2.45) is 0 Å². The van der Waals surface area contributed by atoms with E-state index in [2.05, 4.69) is 10.6 Å². The summed E-state index contributed by atoms with van der Waals surface area (Å²) in [4.78, 5) is 40.2. The van der Waals surface area contributed by atoms with Crippen LogP contribution in [0.5, 0.6) is 0 Å². The molecule has 1 aliphatic carbocycles. The van der Waals surface area contributed by atoms with E-state index in [0.29, 0.717) is 44.6 Å². The minimum atomic E-state index is -0.499. The van der Waals surface area contributed by atoms with Crippen molar-refractivity contribution >= 4 is 56.8 Å². The summed E-state index contributed by atoms with van der Waals surface area (Å²) in [7, 11) is 0. The van der Waals surface area contributed by atoms with Gasteiger partial charge in [-0.2, -0.15) is 0 Å². The number of Topliss-reactive ketones (excluding diaryl/α,β-unsaturated/α-hetero) is 1. The highest BCUT2D eigenvalue weighted by Crippen LogP contribution is 2.52. The number of furan rings is 1. The van der Waals surface area contributed by atoms with Crippen LogP contribution in [-0.2, 0) is 4.79 Å². The van der Waals surface area contributed by atoms with Crippen LogP contribution >= 0.6 is 22.9 Å². The third kappa shape index (κ3) is 4.45. The van der Waals surface area contributed by atoms with Crippen LogP contribution in [0.2, 0.25) is 5.02 Å². The molecule has 0 spiro atoms. The monoisotopic (exact) mass is 557 g/mol. The number of carbonyl (C=O) groups is 3. The summed E-state index contributed by atoms with van der Waals surface area (Å²) < 4.78 is 5.98. The Labute approximate surface area is 233 Å². The lowest BCUT2D eigenvalue weighted by Gasteiger charge is -2.31. The van der Waals surface area contributed by atoms with Gasteiger partial charge in [-0.05, 0) is 50.1 Å². The molecule has 0 fully saturated rings. The topological polar surface area (TPSA) is 114 Å². The second-order valence-electron chi connectivity index (χ2n) is 9.60. The summed E-state index contributed by atoms with van der Waals surface area (Å²) in [5, 5.41) is 7.33. The largest absolute Gasteiger partial charge is 0.465 e. The van der Waals surface area contributed by atoms with Crippen molar-refractivity contribution in [1.29, 1.82) is 0 Å². The quantitative estimate of drug-likeness (QED) is 0.229. The van der Waals surface area contributed by atoms with Crippen molar-refractivity contribution in [2.75, 3.05) is 16.4 Å². The van der Waals surface area contributed by atoms with Crippen LogP contribution in [0.25, 0.3) is 0 Å². The molecule has 0 bridgehead atoms. The molecule has 3 heterocycles. The van der Waals surface area contributed by atoms with Crippen LogP contribution in [0.4, 0.5) is 16.4 Å². The molecule has 4 aromatic rings. The Hall–Kier alpha value is -4.14. The van der Waals surface area contributed by atoms with Crippen molar-refractivity contribution in [2.45, 2.75) is 32.1 Å². The van der Waals surface area contributed by atoms with Crippen molar-refractivity contribution in [3.05, 3.63) is 110 Å². The normalized spacial score (nSPS) is 16.4. The Kier molecular flexibility index (Phi) is 6.37. The summed E-state index contributed by atoms with van der Waals surface area (Å²) in [5.74, 6) is 0.161. The van der Waals surface area contributed by atoms with Crippen LogP contribution in [0.1, 0.15) is 67.9 Å². The number of rotatable bonds is 5. The Morgan fingerprint density at radius 2 is 1.90 bits per heavy atom. The molecule has 2 aromatic carbocycles. The van der Waals surface area contributed by atoms with Gasteiger partial charge < -0.3 is 20.8 Å². The van der Waals surface area contributed by atoms with Crippen molar-refractivity contribution in [1.82, 2.24) is 0 Å². The summed E-state index contributed by atoms with van der Waals surface area (Å²) in [6.07, 6.45) is 1.94. The average molecular weight is 558 g/mol. The second kappa shape index (κ2) is 9.87. The number of anilines is 3. The van der Waals surface area contributed by atoms with E-state index in [4.69, 9.17) is 21.8 Å². The first-order chi connectivity index (χ1) is 18.8. The van der Waals surface area contributed by atoms with E-state index in [1.54, 1.807) is 36.4 Å². The summed E-state index contributed by atoms with van der Waals surface area (Å²) in [6, 6.07) is 17.2. The van der Waals surface area contributed by atoms with Crippen LogP contribution in [-0.4, -0.2) is 17.5 Å². The number of carbonyl (C=O) groups excluding carboxylic acids is 3. The van der Waals surface area contributed by atoms with Gasteiger partial charge in [0.2, 0.25) is 0 Å². The van der Waals surface area contributed by atoms with E-state index in [1.165, 1.54) is 17.4 Å². The first-order valence-corrected chi connectivity index (χ1v) is 13.7. The molecule has 39 heavy (non-hydrogen) atoms. The molecule has 196 valence electrons. The van der Waals surface area contributed by atoms with Crippen LogP contribution < -0.4 is 16.4 Å². The molecule has 0 saturated heterocycles. The van der Waals surface area contributed by atoms with Gasteiger partial charge in [0.25, 0.3) is 5.91 Å². The van der Waals surface area contributed by atoms with Gasteiger partial charge >= 0.3 is 0 Å². The maximum atomic E-state index is 13.6. The lowest BCUT2D eigenvalue weighted by molar-refractivity contribution is -0.116. The Morgan fingerprint density at radius 3 is 2.64 bits per heavy atom. The highest BCUT2D eigenvalue weighted by atomic mass is 35.5. The lowest BCUT2D eigenvalue weighted by atomic mass is 9.78. The zero-order chi connectivity index (χ0) is 27.3. The van der Waals surface area contributed by atoms with E-state index < -0.39 is 11.8 Å². The molecule has 4 N–H and O–H groups in total. The van der Waals surface area contributed by atoms with Gasteiger partial charge in [0.1, 0.15) is 16.4 Å². The Balaban J connectivity index is 1.39. The molecule has 6 rings (SSSR count). The molecular formula is C30H24ClN3O4S. The molecule has 9 heteroatoms. The summed E-state index contributed by atoms with van der Waals surface area (Å²) in [6.45, 7) is 1.85. The zero-order valence-electron chi connectivity index (χ0n) is 21.0. The number of halogens is 1. The van der Waals surface area contributed by atoms with Crippen LogP contribution in [0.3, 0.4) is 0 Å².